The van der Waals surface area contributed by atoms with Gasteiger partial charge in [-0.3, -0.25) is 0 Å². The van der Waals surface area contributed by atoms with Crippen LogP contribution in [0.3, 0.4) is 0 Å². The number of rotatable bonds is 4. The lowest BCUT2D eigenvalue weighted by Gasteiger charge is -2.29. The molecule has 0 spiro atoms. The number of fused-ring (bicyclic) bond motifs is 2. The summed E-state index contributed by atoms with van der Waals surface area (Å²) in [7, 11) is 0. The maximum absolute atomic E-state index is 5.72. The van der Waals surface area contributed by atoms with Crippen molar-refractivity contribution in [2.45, 2.75) is 52.1 Å². The highest BCUT2D eigenvalue weighted by molar-refractivity contribution is 5.69. The molecule has 0 amide bonds. The topological polar surface area (TPSA) is 25.4 Å². The van der Waals surface area contributed by atoms with Crippen LogP contribution in [0.2, 0.25) is 0 Å². The molecule has 1 aromatic heterocycles. The fraction of sp³-hybridized carbons (Fsp3) is 0.588. The van der Waals surface area contributed by atoms with Crippen LogP contribution in [0.4, 0.5) is 0 Å². The molecule has 3 rings (SSSR count). The smallest absolute Gasteiger partial charge is 0.223 e. The molecule has 108 valence electrons. The highest BCUT2D eigenvalue weighted by Gasteiger charge is 2.45. The molecule has 2 aliphatic heterocycles. The summed E-state index contributed by atoms with van der Waals surface area (Å²) >= 11 is 0. The van der Waals surface area contributed by atoms with Crippen LogP contribution in [-0.2, 0) is 0 Å². The Hall–Kier alpha value is -1.51. The Kier molecular flexibility index (Phi) is 3.45. The molecule has 2 saturated heterocycles. The van der Waals surface area contributed by atoms with Crippen LogP contribution in [0, 0.1) is 12.8 Å². The van der Waals surface area contributed by atoms with Gasteiger partial charge < -0.3 is 9.64 Å². The van der Waals surface area contributed by atoms with Gasteiger partial charge in [0.05, 0.1) is 12.2 Å². The number of hydrogen-bond acceptors (Lipinski definition) is 3. The standard InChI is InChI=1S/C17H24N2O/c1-5-20-17-16(11(2)8-9-18-17)13(4)19-14-6-7-15(19)12(3)10-14/h8-9,12,14-15H,4-7,10H2,1-3H3. The first-order valence-corrected chi connectivity index (χ1v) is 7.69. The van der Waals surface area contributed by atoms with Crippen molar-refractivity contribution in [1.29, 1.82) is 0 Å². The Morgan fingerprint density at radius 2 is 2.30 bits per heavy atom. The van der Waals surface area contributed by atoms with E-state index in [1.807, 2.05) is 19.2 Å². The third kappa shape index (κ3) is 2.00. The average Bonchev–Trinajstić information content (AvgIpc) is 2.95. The fourth-order valence-corrected chi connectivity index (χ4v) is 3.97. The quantitative estimate of drug-likeness (QED) is 0.837. The van der Waals surface area contributed by atoms with E-state index in [0.717, 1.165) is 23.1 Å². The lowest BCUT2D eigenvalue weighted by molar-refractivity contribution is 0.318. The predicted octanol–water partition coefficient (Wildman–Crippen LogP) is 3.63. The van der Waals surface area contributed by atoms with Gasteiger partial charge in [0.2, 0.25) is 5.88 Å². The Bertz CT molecular complexity index is 526. The van der Waals surface area contributed by atoms with Crippen molar-refractivity contribution >= 4 is 5.70 Å². The highest BCUT2D eigenvalue weighted by Crippen LogP contribution is 2.46. The van der Waals surface area contributed by atoms with Gasteiger partial charge in [-0.05, 0) is 50.7 Å². The van der Waals surface area contributed by atoms with Crippen molar-refractivity contribution in [1.82, 2.24) is 9.88 Å². The minimum absolute atomic E-state index is 0.639. The maximum Gasteiger partial charge on any atom is 0.223 e. The molecule has 0 saturated carbocycles. The average molecular weight is 272 g/mol. The van der Waals surface area contributed by atoms with E-state index < -0.39 is 0 Å². The highest BCUT2D eigenvalue weighted by atomic mass is 16.5. The molecular weight excluding hydrogens is 248 g/mol. The Morgan fingerprint density at radius 3 is 2.90 bits per heavy atom. The van der Waals surface area contributed by atoms with Crippen molar-refractivity contribution in [3.8, 4) is 5.88 Å². The van der Waals surface area contributed by atoms with Crippen molar-refractivity contribution in [2.75, 3.05) is 6.61 Å². The molecule has 0 radical (unpaired) electrons. The minimum atomic E-state index is 0.639. The summed E-state index contributed by atoms with van der Waals surface area (Å²) in [4.78, 5) is 6.94. The van der Waals surface area contributed by atoms with Crippen LogP contribution in [0.1, 0.15) is 44.2 Å². The first-order valence-electron chi connectivity index (χ1n) is 7.69. The van der Waals surface area contributed by atoms with Gasteiger partial charge in [0.15, 0.2) is 0 Å². The van der Waals surface area contributed by atoms with Crippen molar-refractivity contribution in [3.63, 3.8) is 0 Å². The zero-order valence-corrected chi connectivity index (χ0v) is 12.7. The van der Waals surface area contributed by atoms with Gasteiger partial charge in [-0.2, -0.15) is 0 Å². The lowest BCUT2D eigenvalue weighted by atomic mass is 9.91. The third-order valence-corrected chi connectivity index (χ3v) is 4.85. The molecule has 0 N–H and O–H groups in total. The van der Waals surface area contributed by atoms with Gasteiger partial charge in [-0.1, -0.05) is 13.5 Å². The largest absolute Gasteiger partial charge is 0.477 e. The molecule has 3 heteroatoms. The van der Waals surface area contributed by atoms with Gasteiger partial charge in [-0.25, -0.2) is 4.98 Å². The lowest BCUT2D eigenvalue weighted by Crippen LogP contribution is -2.28. The summed E-state index contributed by atoms with van der Waals surface area (Å²) in [5, 5.41) is 0. The van der Waals surface area contributed by atoms with E-state index >= 15 is 0 Å². The van der Waals surface area contributed by atoms with Crippen LogP contribution in [0.25, 0.3) is 5.70 Å². The first kappa shape index (κ1) is 13.5. The van der Waals surface area contributed by atoms with Gasteiger partial charge in [0.1, 0.15) is 0 Å². The number of aromatic nitrogens is 1. The second-order valence-corrected chi connectivity index (χ2v) is 6.11. The Morgan fingerprint density at radius 1 is 1.50 bits per heavy atom. The zero-order valence-electron chi connectivity index (χ0n) is 12.7. The number of hydrogen-bond donors (Lipinski definition) is 0. The van der Waals surface area contributed by atoms with Crippen LogP contribution in [0.15, 0.2) is 18.8 Å². The predicted molar refractivity (Wildman–Crippen MR) is 81.6 cm³/mol. The second kappa shape index (κ2) is 5.12. The molecule has 0 aliphatic carbocycles. The SMILES string of the molecule is C=C(c1c(C)ccnc1OCC)N1C2CCC1C(C)C2. The third-order valence-electron chi connectivity index (χ3n) is 4.85. The van der Waals surface area contributed by atoms with Gasteiger partial charge in [0.25, 0.3) is 0 Å². The number of aryl methyl sites for hydroxylation is 1. The minimum Gasteiger partial charge on any atom is -0.477 e. The number of ether oxygens (including phenoxy) is 1. The fourth-order valence-electron chi connectivity index (χ4n) is 3.97. The van der Waals surface area contributed by atoms with Gasteiger partial charge in [-0.15, -0.1) is 0 Å². The van der Waals surface area contributed by atoms with Gasteiger partial charge in [0, 0.05) is 24.0 Å². The van der Waals surface area contributed by atoms with Crippen LogP contribution in [-0.4, -0.2) is 28.6 Å². The van der Waals surface area contributed by atoms with Crippen LogP contribution < -0.4 is 4.74 Å². The Balaban J connectivity index is 1.95. The summed E-state index contributed by atoms with van der Waals surface area (Å²) < 4.78 is 5.72. The molecule has 1 aromatic rings. The molecule has 3 unspecified atom stereocenters. The van der Waals surface area contributed by atoms with Crippen molar-refractivity contribution < 1.29 is 4.74 Å². The van der Waals surface area contributed by atoms with Crippen LogP contribution >= 0.6 is 0 Å². The molecule has 3 atom stereocenters. The molecule has 2 bridgehead atoms. The molecule has 20 heavy (non-hydrogen) atoms. The first-order chi connectivity index (χ1) is 9.63. The zero-order chi connectivity index (χ0) is 14.3. The van der Waals surface area contributed by atoms with E-state index in [0.29, 0.717) is 18.7 Å². The van der Waals surface area contributed by atoms with E-state index in [4.69, 9.17) is 4.74 Å². The summed E-state index contributed by atoms with van der Waals surface area (Å²) in [5.74, 6) is 1.51. The normalized spacial score (nSPS) is 27.9. The number of nitrogens with zero attached hydrogens (tertiary/aromatic N) is 2. The van der Waals surface area contributed by atoms with E-state index in [2.05, 4.69) is 30.3 Å². The number of pyridine rings is 1. The summed E-state index contributed by atoms with van der Waals surface area (Å²) in [6.45, 7) is 11.5. The second-order valence-electron chi connectivity index (χ2n) is 6.11. The maximum atomic E-state index is 5.72. The summed E-state index contributed by atoms with van der Waals surface area (Å²) in [6.07, 6.45) is 5.72. The van der Waals surface area contributed by atoms with E-state index in [-0.39, 0.29) is 0 Å². The van der Waals surface area contributed by atoms with Crippen molar-refractivity contribution in [3.05, 3.63) is 30.0 Å². The van der Waals surface area contributed by atoms with E-state index in [1.54, 1.807) is 0 Å². The molecule has 2 aliphatic rings. The summed E-state index contributed by atoms with van der Waals surface area (Å²) in [5.41, 5.74) is 3.41. The monoisotopic (exact) mass is 272 g/mol. The van der Waals surface area contributed by atoms with Crippen molar-refractivity contribution in [2.24, 2.45) is 5.92 Å². The molecule has 3 nitrogen and oxygen atoms in total. The van der Waals surface area contributed by atoms with E-state index in [1.165, 1.54) is 24.8 Å². The van der Waals surface area contributed by atoms with E-state index in [9.17, 15) is 0 Å². The molecule has 2 fully saturated rings. The summed E-state index contributed by atoms with van der Waals surface area (Å²) in [6, 6.07) is 3.36. The van der Waals surface area contributed by atoms with Gasteiger partial charge >= 0.3 is 0 Å². The molecule has 0 aromatic carbocycles. The Labute approximate surface area is 121 Å². The molecular formula is C17H24N2O. The van der Waals surface area contributed by atoms with Crippen LogP contribution in [0.5, 0.6) is 5.88 Å². The molecule has 3 heterocycles.